The molecule has 0 radical (unpaired) electrons. The Morgan fingerprint density at radius 1 is 0.929 bits per heavy atom. The second-order valence-electron chi connectivity index (χ2n) is 8.31. The van der Waals surface area contributed by atoms with Crippen LogP contribution in [0.1, 0.15) is 49.5 Å². The predicted molar refractivity (Wildman–Crippen MR) is 111 cm³/mol. The number of amides is 1. The first-order valence-electron chi connectivity index (χ1n) is 10.6. The molecule has 0 N–H and O–H groups in total. The molecule has 1 aliphatic heterocycles. The highest BCUT2D eigenvalue weighted by molar-refractivity contribution is 5.77. The van der Waals surface area contributed by atoms with Crippen molar-refractivity contribution < 1.29 is 4.79 Å². The number of rotatable bonds is 5. The van der Waals surface area contributed by atoms with Crippen LogP contribution in [0.4, 0.5) is 0 Å². The number of carbonyl (C=O) groups is 1. The number of piperidine rings is 1. The molecule has 2 aromatic carbocycles. The van der Waals surface area contributed by atoms with E-state index in [2.05, 4.69) is 64.1 Å². The molecule has 2 aliphatic rings. The molecule has 1 saturated carbocycles. The van der Waals surface area contributed by atoms with E-state index in [0.717, 1.165) is 50.1 Å². The molecule has 2 heterocycles. The minimum atomic E-state index is 0.362. The Balaban J connectivity index is 1.38. The molecule has 144 valence electrons. The van der Waals surface area contributed by atoms with E-state index >= 15 is 0 Å². The van der Waals surface area contributed by atoms with Gasteiger partial charge in [-0.3, -0.25) is 4.79 Å². The van der Waals surface area contributed by atoms with Gasteiger partial charge < -0.3 is 9.47 Å². The van der Waals surface area contributed by atoms with E-state index < -0.39 is 0 Å². The van der Waals surface area contributed by atoms with Gasteiger partial charge in [-0.15, -0.1) is 0 Å². The Morgan fingerprint density at radius 2 is 1.64 bits per heavy atom. The molecule has 4 nitrogen and oxygen atoms in total. The topological polar surface area (TPSA) is 38.1 Å². The van der Waals surface area contributed by atoms with Gasteiger partial charge in [0.25, 0.3) is 0 Å². The lowest BCUT2D eigenvalue weighted by Gasteiger charge is -2.34. The quantitative estimate of drug-likeness (QED) is 0.656. The van der Waals surface area contributed by atoms with E-state index in [0.29, 0.717) is 17.9 Å². The highest BCUT2D eigenvalue weighted by Crippen LogP contribution is 2.34. The van der Waals surface area contributed by atoms with Crippen molar-refractivity contribution in [3.8, 4) is 0 Å². The third kappa shape index (κ3) is 3.56. The minimum absolute atomic E-state index is 0.362. The van der Waals surface area contributed by atoms with E-state index in [-0.39, 0.29) is 0 Å². The van der Waals surface area contributed by atoms with Crippen molar-refractivity contribution in [3.05, 3.63) is 66.0 Å². The van der Waals surface area contributed by atoms with Crippen LogP contribution < -0.4 is 0 Å². The van der Waals surface area contributed by atoms with Gasteiger partial charge in [0.2, 0.25) is 5.91 Å². The first-order chi connectivity index (χ1) is 13.8. The summed E-state index contributed by atoms with van der Waals surface area (Å²) in [5, 5.41) is 0. The van der Waals surface area contributed by atoms with Crippen LogP contribution in [0.3, 0.4) is 0 Å². The molecule has 28 heavy (non-hydrogen) atoms. The van der Waals surface area contributed by atoms with Gasteiger partial charge in [0.15, 0.2) is 0 Å². The van der Waals surface area contributed by atoms with Crippen LogP contribution in [0.25, 0.3) is 11.0 Å². The highest BCUT2D eigenvalue weighted by Gasteiger charge is 2.30. The second-order valence-corrected chi connectivity index (χ2v) is 8.31. The van der Waals surface area contributed by atoms with Crippen molar-refractivity contribution in [1.82, 2.24) is 14.5 Å². The van der Waals surface area contributed by atoms with Crippen molar-refractivity contribution in [1.29, 1.82) is 0 Å². The zero-order valence-electron chi connectivity index (χ0n) is 16.3. The molecule has 0 unspecified atom stereocenters. The lowest BCUT2D eigenvalue weighted by Crippen LogP contribution is -2.39. The van der Waals surface area contributed by atoms with E-state index in [1.54, 1.807) is 0 Å². The number of hydrogen-bond acceptors (Lipinski definition) is 2. The van der Waals surface area contributed by atoms with E-state index in [9.17, 15) is 4.79 Å². The maximum Gasteiger partial charge on any atom is 0.222 e. The number of likely N-dealkylation sites (tertiary alicyclic amines) is 1. The first kappa shape index (κ1) is 17.5. The van der Waals surface area contributed by atoms with Gasteiger partial charge in [0.1, 0.15) is 5.82 Å². The Hall–Kier alpha value is -2.62. The van der Waals surface area contributed by atoms with Crippen LogP contribution in [0.5, 0.6) is 0 Å². The third-order valence-electron chi connectivity index (χ3n) is 6.22. The summed E-state index contributed by atoms with van der Waals surface area (Å²) in [6, 6.07) is 19.4. The number of benzene rings is 2. The number of para-hydroxylation sites is 2. The number of carbonyl (C=O) groups excluding carboxylic acids is 1. The summed E-state index contributed by atoms with van der Waals surface area (Å²) < 4.78 is 2.45. The van der Waals surface area contributed by atoms with Crippen molar-refractivity contribution >= 4 is 16.9 Å². The average Bonchev–Trinajstić information content (AvgIpc) is 3.47. The molecular weight excluding hydrogens is 346 g/mol. The fourth-order valence-corrected chi connectivity index (χ4v) is 4.48. The lowest BCUT2D eigenvalue weighted by atomic mass is 10.0. The van der Waals surface area contributed by atoms with E-state index in [1.807, 2.05) is 0 Å². The zero-order valence-corrected chi connectivity index (χ0v) is 16.3. The maximum atomic E-state index is 12.5. The molecule has 5 rings (SSSR count). The molecule has 0 bridgehead atoms. The number of aromatic nitrogens is 2. The largest absolute Gasteiger partial charge is 0.343 e. The molecule has 4 heteroatoms. The molecule has 0 spiro atoms. The Labute approximate surface area is 166 Å². The zero-order chi connectivity index (χ0) is 18.9. The first-order valence-corrected chi connectivity index (χ1v) is 10.6. The smallest absolute Gasteiger partial charge is 0.222 e. The van der Waals surface area contributed by atoms with Crippen molar-refractivity contribution in [2.45, 2.75) is 44.6 Å². The second kappa shape index (κ2) is 7.42. The van der Waals surface area contributed by atoms with Crippen LogP contribution in [0.2, 0.25) is 0 Å². The predicted octanol–water partition coefficient (Wildman–Crippen LogP) is 4.59. The van der Waals surface area contributed by atoms with Crippen LogP contribution in [0, 0.1) is 5.92 Å². The number of fused-ring (bicyclic) bond motifs is 1. The van der Waals surface area contributed by atoms with Crippen LogP contribution >= 0.6 is 0 Å². The summed E-state index contributed by atoms with van der Waals surface area (Å²) in [6.45, 7) is 1.74. The van der Waals surface area contributed by atoms with Gasteiger partial charge in [-0.25, -0.2) is 4.98 Å². The Kier molecular flexibility index (Phi) is 4.63. The van der Waals surface area contributed by atoms with Crippen molar-refractivity contribution in [2.75, 3.05) is 13.1 Å². The molecule has 2 fully saturated rings. The molecule has 3 aromatic rings. The fraction of sp³-hybridized carbons (Fsp3) is 0.417. The number of imidazole rings is 1. The SMILES string of the molecule is O=C(CC1CC1)N1CCC(n2c(Cc3ccccc3)nc3ccccc32)CC1. The number of hydrogen-bond donors (Lipinski definition) is 0. The summed E-state index contributed by atoms with van der Waals surface area (Å²) in [7, 11) is 0. The highest BCUT2D eigenvalue weighted by atomic mass is 16.2. The van der Waals surface area contributed by atoms with Gasteiger partial charge in [-0.1, -0.05) is 42.5 Å². The lowest BCUT2D eigenvalue weighted by molar-refractivity contribution is -0.132. The molecule has 1 saturated heterocycles. The summed E-state index contributed by atoms with van der Waals surface area (Å²) >= 11 is 0. The van der Waals surface area contributed by atoms with Crippen molar-refractivity contribution in [3.63, 3.8) is 0 Å². The summed E-state index contributed by atoms with van der Waals surface area (Å²) in [5.41, 5.74) is 3.58. The van der Waals surface area contributed by atoms with Crippen LogP contribution in [-0.2, 0) is 11.2 Å². The van der Waals surface area contributed by atoms with Gasteiger partial charge in [0.05, 0.1) is 11.0 Å². The standard InChI is InChI=1S/C24H27N3O/c28-24(17-19-10-11-19)26-14-12-20(13-15-26)27-22-9-5-4-8-21(22)25-23(27)16-18-6-2-1-3-7-18/h1-9,19-20H,10-17H2. The van der Waals surface area contributed by atoms with Crippen molar-refractivity contribution in [2.24, 2.45) is 5.92 Å². The Morgan fingerprint density at radius 3 is 2.39 bits per heavy atom. The molecule has 0 atom stereocenters. The minimum Gasteiger partial charge on any atom is -0.343 e. The molecule has 1 amide bonds. The monoisotopic (exact) mass is 373 g/mol. The summed E-state index contributed by atoms with van der Waals surface area (Å²) in [6.07, 6.45) is 6.11. The normalized spacial score (nSPS) is 17.9. The van der Waals surface area contributed by atoms with Gasteiger partial charge >= 0.3 is 0 Å². The third-order valence-corrected chi connectivity index (χ3v) is 6.22. The molecule has 1 aromatic heterocycles. The average molecular weight is 374 g/mol. The van der Waals surface area contributed by atoms with E-state index in [1.165, 1.54) is 23.9 Å². The summed E-state index contributed by atoms with van der Waals surface area (Å²) in [5.74, 6) is 2.16. The number of nitrogens with zero attached hydrogens (tertiary/aromatic N) is 3. The van der Waals surface area contributed by atoms with Gasteiger partial charge in [-0.2, -0.15) is 0 Å². The van der Waals surface area contributed by atoms with Crippen LogP contribution in [-0.4, -0.2) is 33.4 Å². The molecule has 1 aliphatic carbocycles. The summed E-state index contributed by atoms with van der Waals surface area (Å²) in [4.78, 5) is 19.5. The van der Waals surface area contributed by atoms with Gasteiger partial charge in [-0.05, 0) is 49.3 Å². The van der Waals surface area contributed by atoms with E-state index in [4.69, 9.17) is 4.98 Å². The Bertz CT molecular complexity index is 966. The molecular formula is C24H27N3O. The fourth-order valence-electron chi connectivity index (χ4n) is 4.48. The van der Waals surface area contributed by atoms with Crippen LogP contribution in [0.15, 0.2) is 54.6 Å². The van der Waals surface area contributed by atoms with Gasteiger partial charge in [0, 0.05) is 32.0 Å². The maximum absolute atomic E-state index is 12.5.